The molecule has 2 rings (SSSR count). The summed E-state index contributed by atoms with van der Waals surface area (Å²) in [6.45, 7) is 4.60. The molecule has 3 nitrogen and oxygen atoms in total. The van der Waals surface area contributed by atoms with E-state index in [9.17, 15) is 18.3 Å². The number of halogens is 3. The smallest absolute Gasteiger partial charge is 0.393 e. The van der Waals surface area contributed by atoms with Crippen molar-refractivity contribution in [3.8, 4) is 0 Å². The van der Waals surface area contributed by atoms with Crippen molar-refractivity contribution in [1.29, 1.82) is 0 Å². The third-order valence-electron chi connectivity index (χ3n) is 4.94. The maximum Gasteiger partial charge on any atom is 0.401 e. The number of nitrogens with zero attached hydrogens (tertiary/aromatic N) is 1. The highest BCUT2D eigenvalue weighted by Crippen LogP contribution is 2.37. The van der Waals surface area contributed by atoms with Gasteiger partial charge in [0.25, 0.3) is 0 Å². The van der Waals surface area contributed by atoms with Crippen LogP contribution in [0.1, 0.15) is 39.5 Å². The Kier molecular flexibility index (Phi) is 5.54. The highest BCUT2D eigenvalue weighted by Gasteiger charge is 2.39. The normalized spacial score (nSPS) is 31.1. The number of piperidine rings is 1. The number of likely N-dealkylation sites (tertiary alicyclic amines) is 1. The summed E-state index contributed by atoms with van der Waals surface area (Å²) in [5.74, 6) is 0.751. The molecule has 2 N–H and O–H groups in total. The van der Waals surface area contributed by atoms with Gasteiger partial charge in [-0.05, 0) is 44.4 Å². The number of aliphatic hydroxyl groups excluding tert-OH is 1. The molecule has 0 radical (unpaired) electrons. The van der Waals surface area contributed by atoms with Crippen LogP contribution in [-0.2, 0) is 0 Å². The van der Waals surface area contributed by atoms with E-state index in [1.54, 1.807) is 0 Å². The van der Waals surface area contributed by atoms with Crippen LogP contribution in [0.3, 0.4) is 0 Å². The van der Waals surface area contributed by atoms with Crippen LogP contribution < -0.4 is 5.32 Å². The van der Waals surface area contributed by atoms with Crippen LogP contribution in [0.4, 0.5) is 13.2 Å². The van der Waals surface area contributed by atoms with Crippen LogP contribution >= 0.6 is 0 Å². The van der Waals surface area contributed by atoms with Gasteiger partial charge in [0.15, 0.2) is 0 Å². The van der Waals surface area contributed by atoms with E-state index in [1.807, 2.05) is 6.92 Å². The monoisotopic (exact) mass is 308 g/mol. The van der Waals surface area contributed by atoms with Crippen molar-refractivity contribution in [1.82, 2.24) is 10.2 Å². The molecular formula is C15H27F3N2O. The zero-order valence-electron chi connectivity index (χ0n) is 12.9. The second-order valence-corrected chi connectivity index (χ2v) is 6.70. The third kappa shape index (κ3) is 5.11. The summed E-state index contributed by atoms with van der Waals surface area (Å²) in [5, 5.41) is 12.7. The topological polar surface area (TPSA) is 35.5 Å². The molecule has 2 fully saturated rings. The van der Waals surface area contributed by atoms with Gasteiger partial charge in [-0.1, -0.05) is 6.92 Å². The lowest BCUT2D eigenvalue weighted by molar-refractivity contribution is -0.128. The van der Waals surface area contributed by atoms with Crippen LogP contribution in [0.2, 0.25) is 0 Å². The first-order chi connectivity index (χ1) is 9.80. The van der Waals surface area contributed by atoms with Gasteiger partial charge >= 0.3 is 6.18 Å². The predicted molar refractivity (Wildman–Crippen MR) is 76.0 cm³/mol. The summed E-state index contributed by atoms with van der Waals surface area (Å²) in [6, 6.07) is 0.222. The lowest BCUT2D eigenvalue weighted by atomic mass is 9.87. The van der Waals surface area contributed by atoms with Gasteiger partial charge < -0.3 is 10.4 Å². The van der Waals surface area contributed by atoms with E-state index in [2.05, 4.69) is 17.1 Å². The predicted octanol–water partition coefficient (Wildman–Crippen LogP) is 2.40. The summed E-state index contributed by atoms with van der Waals surface area (Å²) in [5.41, 5.74) is 0. The second kappa shape index (κ2) is 6.84. The van der Waals surface area contributed by atoms with E-state index in [0.29, 0.717) is 31.3 Å². The molecule has 4 atom stereocenters. The number of nitrogens with one attached hydrogen (secondary N) is 1. The van der Waals surface area contributed by atoms with Crippen LogP contribution in [0.5, 0.6) is 0 Å². The summed E-state index contributed by atoms with van der Waals surface area (Å²) >= 11 is 0. The van der Waals surface area contributed by atoms with Crippen LogP contribution in [0.25, 0.3) is 0 Å². The molecular weight excluding hydrogens is 281 g/mol. The minimum Gasteiger partial charge on any atom is -0.393 e. The number of alkyl halides is 3. The first kappa shape index (κ1) is 17.0. The van der Waals surface area contributed by atoms with Crippen LogP contribution in [-0.4, -0.2) is 54.0 Å². The average Bonchev–Trinajstić information content (AvgIpc) is 3.27. The van der Waals surface area contributed by atoms with Crippen LogP contribution in [0, 0.1) is 11.8 Å². The van der Waals surface area contributed by atoms with Crippen molar-refractivity contribution in [2.24, 2.45) is 11.8 Å². The lowest BCUT2D eigenvalue weighted by Gasteiger charge is -2.43. The fourth-order valence-corrected chi connectivity index (χ4v) is 3.40. The Hall–Kier alpha value is -0.330. The number of hydrogen-bond acceptors (Lipinski definition) is 3. The van der Waals surface area contributed by atoms with Crippen molar-refractivity contribution >= 4 is 0 Å². The van der Waals surface area contributed by atoms with Crippen molar-refractivity contribution < 1.29 is 18.3 Å². The minimum absolute atomic E-state index is 0.0654. The number of aliphatic hydroxyl groups is 1. The molecule has 124 valence electrons. The zero-order valence-corrected chi connectivity index (χ0v) is 12.9. The van der Waals surface area contributed by atoms with Crippen molar-refractivity contribution in [2.75, 3.05) is 19.6 Å². The van der Waals surface area contributed by atoms with Gasteiger partial charge in [-0.15, -0.1) is 0 Å². The molecule has 0 amide bonds. The highest BCUT2D eigenvalue weighted by molar-refractivity contribution is 4.93. The van der Waals surface area contributed by atoms with E-state index in [0.717, 1.165) is 6.54 Å². The standard InChI is InChI=1S/C15H27F3N2O/c1-3-14(21)12-6-13(19-9-15(16,17)18)8-20(7-12)10(2)11-4-5-11/h10-14,19,21H,3-9H2,1-2H3. The second-order valence-electron chi connectivity index (χ2n) is 6.70. The Morgan fingerprint density at radius 3 is 2.43 bits per heavy atom. The maximum absolute atomic E-state index is 12.4. The summed E-state index contributed by atoms with van der Waals surface area (Å²) in [6.07, 6.45) is -0.877. The SMILES string of the molecule is CCC(O)C1CC(NCC(F)(F)F)CN(C(C)C2CC2)C1. The molecule has 6 heteroatoms. The highest BCUT2D eigenvalue weighted by atomic mass is 19.4. The van der Waals surface area contributed by atoms with E-state index in [4.69, 9.17) is 0 Å². The molecule has 0 aromatic rings. The zero-order chi connectivity index (χ0) is 15.6. The molecule has 0 aromatic heterocycles. The largest absolute Gasteiger partial charge is 0.401 e. The first-order valence-electron chi connectivity index (χ1n) is 8.02. The van der Waals surface area contributed by atoms with Gasteiger partial charge in [0.05, 0.1) is 12.6 Å². The fraction of sp³-hybridized carbons (Fsp3) is 1.00. The molecule has 21 heavy (non-hydrogen) atoms. The Labute approximate surface area is 124 Å². The van der Waals surface area contributed by atoms with E-state index >= 15 is 0 Å². The maximum atomic E-state index is 12.4. The van der Waals surface area contributed by atoms with E-state index in [-0.39, 0.29) is 12.0 Å². The molecule has 4 unspecified atom stereocenters. The Morgan fingerprint density at radius 2 is 1.90 bits per heavy atom. The van der Waals surface area contributed by atoms with Crippen molar-refractivity contribution in [3.63, 3.8) is 0 Å². The van der Waals surface area contributed by atoms with Crippen molar-refractivity contribution in [3.05, 3.63) is 0 Å². The Balaban J connectivity index is 1.95. The Bertz CT molecular complexity index is 333. The summed E-state index contributed by atoms with van der Waals surface area (Å²) in [4.78, 5) is 2.28. The van der Waals surface area contributed by atoms with E-state index < -0.39 is 18.8 Å². The third-order valence-corrected chi connectivity index (χ3v) is 4.94. The summed E-state index contributed by atoms with van der Waals surface area (Å²) in [7, 11) is 0. The average molecular weight is 308 g/mol. The molecule has 1 aliphatic carbocycles. The van der Waals surface area contributed by atoms with Gasteiger partial charge in [-0.2, -0.15) is 13.2 Å². The number of rotatable bonds is 6. The fourth-order valence-electron chi connectivity index (χ4n) is 3.40. The van der Waals surface area contributed by atoms with Crippen molar-refractivity contribution in [2.45, 2.75) is 63.9 Å². The molecule has 1 saturated heterocycles. The molecule has 0 spiro atoms. The van der Waals surface area contributed by atoms with Gasteiger partial charge in [0.2, 0.25) is 0 Å². The van der Waals surface area contributed by atoms with Gasteiger partial charge in [-0.3, -0.25) is 4.90 Å². The summed E-state index contributed by atoms with van der Waals surface area (Å²) < 4.78 is 37.2. The molecule has 2 aliphatic rings. The van der Waals surface area contributed by atoms with Gasteiger partial charge in [0, 0.05) is 25.2 Å². The Morgan fingerprint density at radius 1 is 1.24 bits per heavy atom. The minimum atomic E-state index is -4.18. The first-order valence-corrected chi connectivity index (χ1v) is 8.02. The molecule has 1 saturated carbocycles. The quantitative estimate of drug-likeness (QED) is 0.791. The molecule has 1 heterocycles. The van der Waals surface area contributed by atoms with Gasteiger partial charge in [-0.25, -0.2) is 0 Å². The van der Waals surface area contributed by atoms with Gasteiger partial charge in [0.1, 0.15) is 0 Å². The number of hydrogen-bond donors (Lipinski definition) is 2. The van der Waals surface area contributed by atoms with E-state index in [1.165, 1.54) is 12.8 Å². The molecule has 1 aliphatic heterocycles. The molecule has 0 aromatic carbocycles. The van der Waals surface area contributed by atoms with Crippen LogP contribution in [0.15, 0.2) is 0 Å². The lowest BCUT2D eigenvalue weighted by Crippen LogP contribution is -2.55. The molecule has 0 bridgehead atoms.